The van der Waals surface area contributed by atoms with E-state index in [0.717, 1.165) is 13.2 Å². The van der Waals surface area contributed by atoms with Gasteiger partial charge in [-0.1, -0.05) is 13.8 Å². The fraction of sp³-hybridized carbons (Fsp3) is 1.00. The van der Waals surface area contributed by atoms with Crippen molar-refractivity contribution >= 4 is 0 Å². The van der Waals surface area contributed by atoms with Gasteiger partial charge in [-0.05, 0) is 32.4 Å². The summed E-state index contributed by atoms with van der Waals surface area (Å²) in [6.07, 6.45) is 2.65. The van der Waals surface area contributed by atoms with Crippen LogP contribution in [0.3, 0.4) is 0 Å². The van der Waals surface area contributed by atoms with Crippen molar-refractivity contribution in [2.45, 2.75) is 38.8 Å². The minimum Gasteiger partial charge on any atom is -0.383 e. The van der Waals surface area contributed by atoms with E-state index in [9.17, 15) is 0 Å². The maximum atomic E-state index is 5.29. The van der Waals surface area contributed by atoms with E-state index in [2.05, 4.69) is 31.1 Å². The molecule has 2 unspecified atom stereocenters. The summed E-state index contributed by atoms with van der Waals surface area (Å²) >= 11 is 0. The van der Waals surface area contributed by atoms with Crippen molar-refractivity contribution in [2.24, 2.45) is 5.92 Å². The smallest absolute Gasteiger partial charge is 0.0620 e. The van der Waals surface area contributed by atoms with Gasteiger partial charge in [0.1, 0.15) is 0 Å². The summed E-state index contributed by atoms with van der Waals surface area (Å²) in [5, 5.41) is 3.54. The van der Waals surface area contributed by atoms with Crippen molar-refractivity contribution in [3.63, 3.8) is 0 Å². The van der Waals surface area contributed by atoms with Gasteiger partial charge in [-0.2, -0.15) is 0 Å². The summed E-state index contributed by atoms with van der Waals surface area (Å²) in [5.41, 5.74) is 0. The molecule has 1 heterocycles. The Morgan fingerprint density at radius 2 is 2.20 bits per heavy atom. The minimum atomic E-state index is 0.539. The Morgan fingerprint density at radius 3 is 2.67 bits per heavy atom. The van der Waals surface area contributed by atoms with Gasteiger partial charge in [0.05, 0.1) is 6.61 Å². The average molecular weight is 214 g/mol. The minimum absolute atomic E-state index is 0.539. The Kier molecular flexibility index (Phi) is 5.58. The lowest BCUT2D eigenvalue weighted by atomic mass is 10.0. The highest BCUT2D eigenvalue weighted by molar-refractivity contribution is 4.80. The zero-order valence-electron chi connectivity index (χ0n) is 10.6. The zero-order valence-corrected chi connectivity index (χ0v) is 10.6. The van der Waals surface area contributed by atoms with Crippen LogP contribution >= 0.6 is 0 Å². The quantitative estimate of drug-likeness (QED) is 0.722. The molecule has 15 heavy (non-hydrogen) atoms. The first kappa shape index (κ1) is 12.9. The number of hydrogen-bond donors (Lipinski definition) is 1. The van der Waals surface area contributed by atoms with Crippen molar-refractivity contribution in [1.29, 1.82) is 0 Å². The van der Waals surface area contributed by atoms with E-state index in [0.29, 0.717) is 18.0 Å². The number of likely N-dealkylation sites (N-methyl/N-ethyl adjacent to an activating group) is 1. The molecular weight excluding hydrogens is 188 g/mol. The van der Waals surface area contributed by atoms with Crippen molar-refractivity contribution in [3.8, 4) is 0 Å². The second-order valence-electron chi connectivity index (χ2n) is 5.00. The highest BCUT2D eigenvalue weighted by Gasteiger charge is 2.22. The molecule has 1 saturated heterocycles. The fourth-order valence-electron chi connectivity index (χ4n) is 2.39. The Labute approximate surface area is 94.2 Å². The number of ether oxygens (including phenoxy) is 1. The number of hydrogen-bond acceptors (Lipinski definition) is 3. The molecular formula is C12H26N2O. The lowest BCUT2D eigenvalue weighted by Crippen LogP contribution is -2.45. The maximum absolute atomic E-state index is 5.29. The van der Waals surface area contributed by atoms with Crippen LogP contribution in [0.25, 0.3) is 0 Å². The van der Waals surface area contributed by atoms with Gasteiger partial charge >= 0.3 is 0 Å². The first-order valence-corrected chi connectivity index (χ1v) is 6.07. The van der Waals surface area contributed by atoms with Crippen LogP contribution in [0.4, 0.5) is 0 Å². The van der Waals surface area contributed by atoms with E-state index >= 15 is 0 Å². The highest BCUT2D eigenvalue weighted by Crippen LogP contribution is 2.13. The SMILES string of the molecule is COCC(C(C)C)N(C)CC1CCCN1. The van der Waals surface area contributed by atoms with E-state index in [-0.39, 0.29) is 0 Å². The third kappa shape index (κ3) is 4.09. The molecule has 3 nitrogen and oxygen atoms in total. The van der Waals surface area contributed by atoms with Gasteiger partial charge in [0, 0.05) is 25.7 Å². The molecule has 0 bridgehead atoms. The molecule has 3 heteroatoms. The molecule has 0 aliphatic carbocycles. The number of nitrogens with zero attached hydrogens (tertiary/aromatic N) is 1. The molecule has 0 radical (unpaired) electrons. The summed E-state index contributed by atoms with van der Waals surface area (Å²) in [4.78, 5) is 2.44. The maximum Gasteiger partial charge on any atom is 0.0620 e. The van der Waals surface area contributed by atoms with Gasteiger partial charge < -0.3 is 10.1 Å². The monoisotopic (exact) mass is 214 g/mol. The Hall–Kier alpha value is -0.120. The molecule has 1 fully saturated rings. The van der Waals surface area contributed by atoms with Crippen molar-refractivity contribution in [2.75, 3.05) is 33.9 Å². The van der Waals surface area contributed by atoms with Crippen LogP contribution < -0.4 is 5.32 Å². The van der Waals surface area contributed by atoms with Crippen molar-refractivity contribution in [3.05, 3.63) is 0 Å². The molecule has 90 valence electrons. The molecule has 2 atom stereocenters. The normalized spacial score (nSPS) is 24.0. The Morgan fingerprint density at radius 1 is 1.47 bits per heavy atom. The lowest BCUT2D eigenvalue weighted by molar-refractivity contribution is 0.0758. The molecule has 0 aromatic rings. The van der Waals surface area contributed by atoms with Crippen LogP contribution in [-0.2, 0) is 4.74 Å². The number of nitrogens with one attached hydrogen (secondary N) is 1. The van der Waals surface area contributed by atoms with E-state index in [1.54, 1.807) is 7.11 Å². The zero-order chi connectivity index (χ0) is 11.3. The van der Waals surface area contributed by atoms with E-state index in [4.69, 9.17) is 4.74 Å². The van der Waals surface area contributed by atoms with Crippen LogP contribution in [0.5, 0.6) is 0 Å². The molecule has 0 saturated carbocycles. The Balaban J connectivity index is 2.36. The summed E-state index contributed by atoms with van der Waals surface area (Å²) in [6, 6.07) is 1.23. The van der Waals surface area contributed by atoms with Crippen LogP contribution in [0.2, 0.25) is 0 Å². The predicted octanol–water partition coefficient (Wildman–Crippen LogP) is 1.34. The molecule has 0 aromatic heterocycles. The molecule has 1 N–H and O–H groups in total. The predicted molar refractivity (Wildman–Crippen MR) is 64.2 cm³/mol. The Bertz CT molecular complexity index is 167. The molecule has 1 rings (SSSR count). The van der Waals surface area contributed by atoms with Crippen LogP contribution in [0, 0.1) is 5.92 Å². The van der Waals surface area contributed by atoms with Crippen molar-refractivity contribution < 1.29 is 4.74 Å². The van der Waals surface area contributed by atoms with Gasteiger partial charge in [0.15, 0.2) is 0 Å². The van der Waals surface area contributed by atoms with Crippen LogP contribution in [0.15, 0.2) is 0 Å². The summed E-state index contributed by atoms with van der Waals surface area (Å²) in [7, 11) is 4.00. The van der Waals surface area contributed by atoms with Gasteiger partial charge in [0.25, 0.3) is 0 Å². The third-order valence-corrected chi connectivity index (χ3v) is 3.34. The van der Waals surface area contributed by atoms with E-state index in [1.807, 2.05) is 0 Å². The summed E-state index contributed by atoms with van der Waals surface area (Å²) < 4.78 is 5.29. The first-order chi connectivity index (χ1) is 7.15. The highest BCUT2D eigenvalue weighted by atomic mass is 16.5. The van der Waals surface area contributed by atoms with E-state index in [1.165, 1.54) is 19.4 Å². The van der Waals surface area contributed by atoms with Gasteiger partial charge in [-0.3, -0.25) is 4.90 Å². The van der Waals surface area contributed by atoms with E-state index < -0.39 is 0 Å². The molecule has 0 amide bonds. The molecule has 1 aliphatic heterocycles. The standard InChI is InChI=1S/C12H26N2O/c1-10(2)12(9-15-4)14(3)8-11-6-5-7-13-11/h10-13H,5-9H2,1-4H3. The molecule has 0 spiro atoms. The topological polar surface area (TPSA) is 24.5 Å². The van der Waals surface area contributed by atoms with Gasteiger partial charge in [0.2, 0.25) is 0 Å². The largest absolute Gasteiger partial charge is 0.383 e. The fourth-order valence-corrected chi connectivity index (χ4v) is 2.39. The summed E-state index contributed by atoms with van der Waals surface area (Å²) in [5.74, 6) is 0.649. The molecule has 0 aromatic carbocycles. The average Bonchev–Trinajstić information content (AvgIpc) is 2.65. The second kappa shape index (κ2) is 6.46. The molecule has 1 aliphatic rings. The summed E-state index contributed by atoms with van der Waals surface area (Å²) in [6.45, 7) is 7.70. The van der Waals surface area contributed by atoms with Gasteiger partial charge in [-0.25, -0.2) is 0 Å². The van der Waals surface area contributed by atoms with Crippen LogP contribution in [0.1, 0.15) is 26.7 Å². The number of rotatable bonds is 6. The second-order valence-corrected chi connectivity index (χ2v) is 5.00. The van der Waals surface area contributed by atoms with Gasteiger partial charge in [-0.15, -0.1) is 0 Å². The first-order valence-electron chi connectivity index (χ1n) is 6.07. The third-order valence-electron chi connectivity index (χ3n) is 3.34. The van der Waals surface area contributed by atoms with Crippen LogP contribution in [-0.4, -0.2) is 50.8 Å². The van der Waals surface area contributed by atoms with Crippen molar-refractivity contribution in [1.82, 2.24) is 10.2 Å². The number of methoxy groups -OCH3 is 1. The lowest BCUT2D eigenvalue weighted by Gasteiger charge is -2.32.